The van der Waals surface area contributed by atoms with E-state index in [1.807, 2.05) is 13.8 Å². The largest absolute Gasteiger partial charge is 0.465 e. The van der Waals surface area contributed by atoms with Gasteiger partial charge in [-0.25, -0.2) is 9.18 Å². The van der Waals surface area contributed by atoms with Crippen LogP contribution in [-0.4, -0.2) is 32.3 Å². The lowest BCUT2D eigenvalue weighted by molar-refractivity contribution is 0.0595. The average Bonchev–Trinajstić information content (AvgIpc) is 2.42. The van der Waals surface area contributed by atoms with Crippen molar-refractivity contribution in [1.82, 2.24) is 5.32 Å². The molecule has 0 amide bonds. The zero-order valence-electron chi connectivity index (χ0n) is 11.5. The molecule has 0 bridgehead atoms. The van der Waals surface area contributed by atoms with E-state index >= 15 is 0 Å². The van der Waals surface area contributed by atoms with Crippen molar-refractivity contribution in [2.24, 2.45) is 0 Å². The van der Waals surface area contributed by atoms with Crippen LogP contribution in [0, 0.1) is 5.82 Å². The number of benzene rings is 1. The maximum absolute atomic E-state index is 13.7. The van der Waals surface area contributed by atoms with Gasteiger partial charge in [-0.3, -0.25) is 0 Å². The van der Waals surface area contributed by atoms with E-state index in [2.05, 4.69) is 10.1 Å². The summed E-state index contributed by atoms with van der Waals surface area (Å²) < 4.78 is 23.4. The number of methoxy groups -OCH3 is 1. The summed E-state index contributed by atoms with van der Waals surface area (Å²) >= 11 is 0. The molecule has 1 aromatic carbocycles. The number of rotatable bonds is 7. The molecule has 4 nitrogen and oxygen atoms in total. The van der Waals surface area contributed by atoms with Crippen LogP contribution in [0.4, 0.5) is 4.39 Å². The Morgan fingerprint density at radius 1 is 1.47 bits per heavy atom. The van der Waals surface area contributed by atoms with Gasteiger partial charge in [-0.05, 0) is 31.5 Å². The third kappa shape index (κ3) is 4.96. The number of halogens is 1. The first-order chi connectivity index (χ1) is 9.08. The Labute approximate surface area is 112 Å². The van der Waals surface area contributed by atoms with E-state index in [1.165, 1.54) is 19.2 Å². The number of ether oxygens (including phenoxy) is 2. The zero-order valence-corrected chi connectivity index (χ0v) is 11.5. The van der Waals surface area contributed by atoms with Crippen molar-refractivity contribution in [2.75, 3.05) is 20.3 Å². The number of nitrogens with one attached hydrogen (secondary N) is 1. The molecule has 0 aliphatic rings. The predicted octanol–water partition coefficient (Wildman–Crippen LogP) is 2.13. The number of hydrogen-bond donors (Lipinski definition) is 1. The molecule has 0 fully saturated rings. The molecule has 0 aliphatic heterocycles. The van der Waals surface area contributed by atoms with Gasteiger partial charge in [-0.2, -0.15) is 0 Å². The Morgan fingerprint density at radius 3 is 2.79 bits per heavy atom. The van der Waals surface area contributed by atoms with Gasteiger partial charge in [0.1, 0.15) is 5.82 Å². The fourth-order valence-corrected chi connectivity index (χ4v) is 1.59. The van der Waals surface area contributed by atoms with Gasteiger partial charge >= 0.3 is 5.97 Å². The standard InChI is InChI=1S/C14H20FNO3/c1-4-19-9-10(2)16-8-11-5-6-12(13(15)7-11)14(17)18-3/h5-7,10,16H,4,8-9H2,1-3H3. The summed E-state index contributed by atoms with van der Waals surface area (Å²) in [6.07, 6.45) is 0. The summed E-state index contributed by atoms with van der Waals surface area (Å²) in [5.41, 5.74) is 0.724. The molecule has 0 radical (unpaired) electrons. The minimum Gasteiger partial charge on any atom is -0.465 e. The molecule has 0 heterocycles. The quantitative estimate of drug-likeness (QED) is 0.770. The Hall–Kier alpha value is -1.46. The highest BCUT2D eigenvalue weighted by Crippen LogP contribution is 2.11. The lowest BCUT2D eigenvalue weighted by Gasteiger charge is -2.13. The summed E-state index contributed by atoms with van der Waals surface area (Å²) in [4.78, 5) is 11.2. The SMILES string of the molecule is CCOCC(C)NCc1ccc(C(=O)OC)c(F)c1. The van der Waals surface area contributed by atoms with Gasteiger partial charge in [0.25, 0.3) is 0 Å². The third-order valence-corrected chi connectivity index (χ3v) is 2.67. The van der Waals surface area contributed by atoms with Crippen LogP contribution in [0.2, 0.25) is 0 Å². The lowest BCUT2D eigenvalue weighted by Crippen LogP contribution is -2.30. The van der Waals surface area contributed by atoms with Crippen LogP contribution in [0.1, 0.15) is 29.8 Å². The topological polar surface area (TPSA) is 47.6 Å². The zero-order chi connectivity index (χ0) is 14.3. The minimum atomic E-state index is -0.665. The maximum Gasteiger partial charge on any atom is 0.340 e. The molecule has 1 unspecified atom stereocenters. The maximum atomic E-state index is 13.7. The Balaban J connectivity index is 2.56. The molecule has 0 spiro atoms. The van der Waals surface area contributed by atoms with Crippen LogP contribution in [0.15, 0.2) is 18.2 Å². The highest BCUT2D eigenvalue weighted by Gasteiger charge is 2.12. The van der Waals surface area contributed by atoms with Crippen LogP contribution >= 0.6 is 0 Å². The van der Waals surface area contributed by atoms with Gasteiger partial charge in [0.2, 0.25) is 0 Å². The lowest BCUT2D eigenvalue weighted by atomic mass is 10.1. The summed E-state index contributed by atoms with van der Waals surface area (Å²) in [6, 6.07) is 4.66. The van der Waals surface area contributed by atoms with E-state index in [1.54, 1.807) is 6.07 Å². The Bertz CT molecular complexity index is 423. The normalized spacial score (nSPS) is 12.2. The molecule has 1 aromatic rings. The molecule has 5 heteroatoms. The molecule has 0 saturated carbocycles. The molecule has 19 heavy (non-hydrogen) atoms. The fourth-order valence-electron chi connectivity index (χ4n) is 1.59. The molecular weight excluding hydrogens is 249 g/mol. The first-order valence-electron chi connectivity index (χ1n) is 6.26. The first-order valence-corrected chi connectivity index (χ1v) is 6.26. The van der Waals surface area contributed by atoms with E-state index in [9.17, 15) is 9.18 Å². The highest BCUT2D eigenvalue weighted by molar-refractivity contribution is 5.89. The van der Waals surface area contributed by atoms with E-state index in [0.717, 1.165) is 5.56 Å². The van der Waals surface area contributed by atoms with Gasteiger partial charge in [0.05, 0.1) is 19.3 Å². The minimum absolute atomic E-state index is 0.0476. The molecule has 0 saturated heterocycles. The monoisotopic (exact) mass is 269 g/mol. The summed E-state index contributed by atoms with van der Waals surface area (Å²) in [5, 5.41) is 3.22. The van der Waals surface area contributed by atoms with Crippen LogP contribution in [-0.2, 0) is 16.0 Å². The highest BCUT2D eigenvalue weighted by atomic mass is 19.1. The van der Waals surface area contributed by atoms with E-state index in [4.69, 9.17) is 4.74 Å². The van der Waals surface area contributed by atoms with E-state index in [-0.39, 0.29) is 11.6 Å². The van der Waals surface area contributed by atoms with Crippen LogP contribution < -0.4 is 5.32 Å². The molecule has 1 N–H and O–H groups in total. The van der Waals surface area contributed by atoms with Crippen molar-refractivity contribution in [1.29, 1.82) is 0 Å². The molecule has 106 valence electrons. The van der Waals surface area contributed by atoms with Gasteiger partial charge in [0.15, 0.2) is 0 Å². The molecule has 1 rings (SSSR count). The summed E-state index contributed by atoms with van der Waals surface area (Å²) in [6.45, 7) is 5.74. The average molecular weight is 269 g/mol. The van der Waals surface area contributed by atoms with Crippen molar-refractivity contribution in [3.8, 4) is 0 Å². The van der Waals surface area contributed by atoms with E-state index in [0.29, 0.717) is 19.8 Å². The number of esters is 1. The van der Waals surface area contributed by atoms with Crippen LogP contribution in [0.3, 0.4) is 0 Å². The van der Waals surface area contributed by atoms with Gasteiger partial charge in [-0.15, -0.1) is 0 Å². The predicted molar refractivity (Wildman–Crippen MR) is 70.5 cm³/mol. The van der Waals surface area contributed by atoms with Gasteiger partial charge in [0, 0.05) is 19.2 Å². The second-order valence-electron chi connectivity index (χ2n) is 4.25. The van der Waals surface area contributed by atoms with Crippen LogP contribution in [0.5, 0.6) is 0 Å². The molecule has 1 atom stereocenters. The van der Waals surface area contributed by atoms with Crippen molar-refractivity contribution in [3.05, 3.63) is 35.1 Å². The Kier molecular flexibility index (Phi) is 6.45. The van der Waals surface area contributed by atoms with Gasteiger partial charge in [-0.1, -0.05) is 6.07 Å². The number of carbonyl (C=O) groups is 1. The summed E-state index contributed by atoms with van der Waals surface area (Å²) in [5.74, 6) is -1.23. The van der Waals surface area contributed by atoms with Crippen LogP contribution in [0.25, 0.3) is 0 Å². The molecular formula is C14H20FNO3. The fraction of sp³-hybridized carbons (Fsp3) is 0.500. The van der Waals surface area contributed by atoms with Crippen molar-refractivity contribution in [2.45, 2.75) is 26.4 Å². The van der Waals surface area contributed by atoms with E-state index < -0.39 is 11.8 Å². The van der Waals surface area contributed by atoms with Crippen molar-refractivity contribution < 1.29 is 18.7 Å². The summed E-state index contributed by atoms with van der Waals surface area (Å²) in [7, 11) is 1.23. The smallest absolute Gasteiger partial charge is 0.340 e. The van der Waals surface area contributed by atoms with Crippen molar-refractivity contribution >= 4 is 5.97 Å². The second kappa shape index (κ2) is 7.86. The number of carbonyl (C=O) groups excluding carboxylic acids is 1. The number of hydrogen-bond acceptors (Lipinski definition) is 4. The van der Waals surface area contributed by atoms with Gasteiger partial charge < -0.3 is 14.8 Å². The molecule has 0 aliphatic carbocycles. The Morgan fingerprint density at radius 2 is 2.21 bits per heavy atom. The third-order valence-electron chi connectivity index (χ3n) is 2.67. The van der Waals surface area contributed by atoms with Crippen molar-refractivity contribution in [3.63, 3.8) is 0 Å². The second-order valence-corrected chi connectivity index (χ2v) is 4.25. The molecule has 0 aromatic heterocycles. The first kappa shape index (κ1) is 15.6.